The molecule has 1 fully saturated rings. The molecular weight excluding hydrogens is 226 g/mol. The highest BCUT2D eigenvalue weighted by atomic mass is 19.2. The average Bonchev–Trinajstić information content (AvgIpc) is 2.49. The van der Waals surface area contributed by atoms with Gasteiger partial charge in [-0.1, -0.05) is 0 Å². The van der Waals surface area contributed by atoms with Crippen molar-refractivity contribution in [1.29, 1.82) is 0 Å². The number of hydrogen-bond donors (Lipinski definition) is 1. The molecule has 17 heavy (non-hydrogen) atoms. The van der Waals surface area contributed by atoms with Crippen LogP contribution in [-0.2, 0) is 4.74 Å². The SMILES string of the molecule is CC1CN(c2c(N)ccc(F)c2F)CCCO1. The van der Waals surface area contributed by atoms with Gasteiger partial charge in [0.2, 0.25) is 0 Å². The molecule has 1 atom stereocenters. The fraction of sp³-hybridized carbons (Fsp3) is 0.500. The number of nitrogens with two attached hydrogens (primary N) is 1. The third-order valence-electron chi connectivity index (χ3n) is 2.87. The number of anilines is 2. The maximum Gasteiger partial charge on any atom is 0.184 e. The molecule has 0 saturated carbocycles. The molecule has 1 aromatic rings. The van der Waals surface area contributed by atoms with E-state index in [2.05, 4.69) is 0 Å². The van der Waals surface area contributed by atoms with E-state index >= 15 is 0 Å². The Bertz CT molecular complexity index is 412. The summed E-state index contributed by atoms with van der Waals surface area (Å²) in [6, 6.07) is 2.44. The highest BCUT2D eigenvalue weighted by molar-refractivity contribution is 5.68. The fourth-order valence-electron chi connectivity index (χ4n) is 2.07. The molecule has 0 radical (unpaired) electrons. The van der Waals surface area contributed by atoms with Crippen LogP contribution in [0.3, 0.4) is 0 Å². The Morgan fingerprint density at radius 2 is 2.18 bits per heavy atom. The zero-order valence-electron chi connectivity index (χ0n) is 9.75. The second kappa shape index (κ2) is 4.87. The number of rotatable bonds is 1. The van der Waals surface area contributed by atoms with Crippen LogP contribution in [0.1, 0.15) is 13.3 Å². The van der Waals surface area contributed by atoms with E-state index in [-0.39, 0.29) is 17.5 Å². The lowest BCUT2D eigenvalue weighted by Crippen LogP contribution is -2.31. The van der Waals surface area contributed by atoms with Crippen LogP contribution in [0.5, 0.6) is 0 Å². The van der Waals surface area contributed by atoms with Crippen molar-refractivity contribution in [2.24, 2.45) is 0 Å². The first-order chi connectivity index (χ1) is 8.09. The number of ether oxygens (including phenoxy) is 1. The van der Waals surface area contributed by atoms with Crippen LogP contribution in [0.15, 0.2) is 12.1 Å². The fourth-order valence-corrected chi connectivity index (χ4v) is 2.07. The van der Waals surface area contributed by atoms with Crippen molar-refractivity contribution < 1.29 is 13.5 Å². The van der Waals surface area contributed by atoms with Crippen LogP contribution in [0.4, 0.5) is 20.2 Å². The molecule has 1 unspecified atom stereocenters. The van der Waals surface area contributed by atoms with Gasteiger partial charge in [0.15, 0.2) is 11.6 Å². The molecule has 94 valence electrons. The minimum absolute atomic E-state index is 0.0143. The average molecular weight is 242 g/mol. The Balaban J connectivity index is 2.34. The molecule has 0 aliphatic carbocycles. The number of hydrogen-bond acceptors (Lipinski definition) is 3. The predicted molar refractivity (Wildman–Crippen MR) is 63.0 cm³/mol. The minimum atomic E-state index is -0.876. The van der Waals surface area contributed by atoms with Gasteiger partial charge in [0.1, 0.15) is 0 Å². The Kier molecular flexibility index (Phi) is 3.47. The highest BCUT2D eigenvalue weighted by Crippen LogP contribution is 2.29. The molecule has 1 saturated heterocycles. The predicted octanol–water partition coefficient (Wildman–Crippen LogP) is 2.16. The number of halogens is 2. The number of benzene rings is 1. The first-order valence-corrected chi connectivity index (χ1v) is 5.69. The van der Waals surface area contributed by atoms with Crippen molar-refractivity contribution >= 4 is 11.4 Å². The zero-order chi connectivity index (χ0) is 12.4. The van der Waals surface area contributed by atoms with E-state index in [4.69, 9.17) is 10.5 Å². The molecular formula is C12H16F2N2O. The Morgan fingerprint density at radius 1 is 1.41 bits per heavy atom. The van der Waals surface area contributed by atoms with Gasteiger partial charge < -0.3 is 15.4 Å². The van der Waals surface area contributed by atoms with Gasteiger partial charge in [0, 0.05) is 19.7 Å². The number of nitrogens with zero attached hydrogens (tertiary/aromatic N) is 1. The quantitative estimate of drug-likeness (QED) is 0.767. The largest absolute Gasteiger partial charge is 0.397 e. The van der Waals surface area contributed by atoms with Gasteiger partial charge in [0.05, 0.1) is 17.5 Å². The van der Waals surface area contributed by atoms with E-state index in [1.807, 2.05) is 6.92 Å². The van der Waals surface area contributed by atoms with Crippen LogP contribution >= 0.6 is 0 Å². The summed E-state index contributed by atoms with van der Waals surface area (Å²) < 4.78 is 32.5. The van der Waals surface area contributed by atoms with Gasteiger partial charge in [-0.05, 0) is 25.5 Å². The van der Waals surface area contributed by atoms with Crippen molar-refractivity contribution in [1.82, 2.24) is 0 Å². The maximum atomic E-state index is 13.8. The second-order valence-corrected chi connectivity index (χ2v) is 4.28. The van der Waals surface area contributed by atoms with Crippen molar-refractivity contribution in [2.75, 3.05) is 30.3 Å². The van der Waals surface area contributed by atoms with Crippen molar-refractivity contribution in [3.8, 4) is 0 Å². The molecule has 0 amide bonds. The molecule has 2 rings (SSSR count). The van der Waals surface area contributed by atoms with E-state index < -0.39 is 11.6 Å². The molecule has 0 bridgehead atoms. The first kappa shape index (κ1) is 12.1. The molecule has 1 heterocycles. The van der Waals surface area contributed by atoms with Crippen LogP contribution in [0, 0.1) is 11.6 Å². The summed E-state index contributed by atoms with van der Waals surface area (Å²) in [4.78, 5) is 1.76. The standard InChI is InChI=1S/C12H16F2N2O/c1-8-7-16(5-2-6-17-8)12-10(15)4-3-9(13)11(12)14/h3-4,8H,2,5-7,15H2,1H3. The summed E-state index contributed by atoms with van der Waals surface area (Å²) in [5.74, 6) is -1.74. The van der Waals surface area contributed by atoms with Crippen molar-refractivity contribution in [3.05, 3.63) is 23.8 Å². The van der Waals surface area contributed by atoms with E-state index in [1.54, 1.807) is 4.90 Å². The third kappa shape index (κ3) is 2.49. The second-order valence-electron chi connectivity index (χ2n) is 4.28. The van der Waals surface area contributed by atoms with Gasteiger partial charge in [-0.15, -0.1) is 0 Å². The first-order valence-electron chi connectivity index (χ1n) is 5.69. The van der Waals surface area contributed by atoms with Crippen LogP contribution < -0.4 is 10.6 Å². The van der Waals surface area contributed by atoms with Gasteiger partial charge in [-0.25, -0.2) is 8.78 Å². The van der Waals surface area contributed by atoms with Crippen LogP contribution in [0.2, 0.25) is 0 Å². The van der Waals surface area contributed by atoms with E-state index in [9.17, 15) is 8.78 Å². The molecule has 1 aliphatic heterocycles. The van der Waals surface area contributed by atoms with Crippen LogP contribution in [0.25, 0.3) is 0 Å². The van der Waals surface area contributed by atoms with Crippen LogP contribution in [-0.4, -0.2) is 25.8 Å². The van der Waals surface area contributed by atoms with Gasteiger partial charge in [0.25, 0.3) is 0 Å². The van der Waals surface area contributed by atoms with Gasteiger partial charge in [-0.3, -0.25) is 0 Å². The third-order valence-corrected chi connectivity index (χ3v) is 2.87. The summed E-state index contributed by atoms with van der Waals surface area (Å²) in [6.07, 6.45) is 0.763. The van der Waals surface area contributed by atoms with E-state index in [0.29, 0.717) is 19.7 Å². The van der Waals surface area contributed by atoms with Gasteiger partial charge in [-0.2, -0.15) is 0 Å². The smallest absolute Gasteiger partial charge is 0.184 e. The lowest BCUT2D eigenvalue weighted by molar-refractivity contribution is 0.0820. The van der Waals surface area contributed by atoms with E-state index in [0.717, 1.165) is 12.5 Å². The van der Waals surface area contributed by atoms with E-state index in [1.165, 1.54) is 6.07 Å². The molecule has 5 heteroatoms. The monoisotopic (exact) mass is 242 g/mol. The molecule has 0 spiro atoms. The van der Waals surface area contributed by atoms with Gasteiger partial charge >= 0.3 is 0 Å². The normalized spacial score (nSPS) is 21.4. The Morgan fingerprint density at radius 3 is 2.94 bits per heavy atom. The number of nitrogen functional groups attached to an aromatic ring is 1. The summed E-state index contributed by atoms with van der Waals surface area (Å²) in [7, 11) is 0. The summed E-state index contributed by atoms with van der Waals surface area (Å²) >= 11 is 0. The summed E-state index contributed by atoms with van der Waals surface area (Å²) in [6.45, 7) is 3.68. The summed E-state index contributed by atoms with van der Waals surface area (Å²) in [5.41, 5.74) is 6.15. The Labute approximate surface area is 99.2 Å². The minimum Gasteiger partial charge on any atom is -0.397 e. The lowest BCUT2D eigenvalue weighted by atomic mass is 10.2. The van der Waals surface area contributed by atoms with Crippen molar-refractivity contribution in [2.45, 2.75) is 19.4 Å². The molecule has 2 N–H and O–H groups in total. The highest BCUT2D eigenvalue weighted by Gasteiger charge is 2.22. The molecule has 0 aromatic heterocycles. The van der Waals surface area contributed by atoms with Crippen molar-refractivity contribution in [3.63, 3.8) is 0 Å². The lowest BCUT2D eigenvalue weighted by Gasteiger charge is -2.26. The zero-order valence-corrected chi connectivity index (χ0v) is 9.75. The molecule has 1 aliphatic rings. The molecule has 1 aromatic carbocycles. The maximum absolute atomic E-state index is 13.8. The Hall–Kier alpha value is -1.36. The summed E-state index contributed by atoms with van der Waals surface area (Å²) in [5, 5.41) is 0. The topological polar surface area (TPSA) is 38.5 Å². The molecule has 3 nitrogen and oxygen atoms in total.